The number of rotatable bonds is 4. The minimum Gasteiger partial charge on any atom is -0.508 e. The summed E-state index contributed by atoms with van der Waals surface area (Å²) in [6.07, 6.45) is 0.201. The molecule has 5 heteroatoms. The van der Waals surface area contributed by atoms with Gasteiger partial charge in [-0.25, -0.2) is 4.79 Å². The maximum atomic E-state index is 11.1. The van der Waals surface area contributed by atoms with Crippen LogP contribution in [0.5, 0.6) is 5.75 Å². The molecular weight excluding hydrogens is 234 g/mol. The lowest BCUT2D eigenvalue weighted by atomic mass is 9.96. The van der Waals surface area contributed by atoms with Crippen LogP contribution in [0.1, 0.15) is 23.6 Å². The maximum absolute atomic E-state index is 11.1. The molecule has 98 valence electrons. The zero-order valence-corrected chi connectivity index (χ0v) is 10.7. The van der Waals surface area contributed by atoms with Gasteiger partial charge in [-0.05, 0) is 42.7 Å². The molecule has 0 fully saturated rings. The van der Waals surface area contributed by atoms with E-state index < -0.39 is 12.0 Å². The fourth-order valence-electron chi connectivity index (χ4n) is 1.94. The Hall–Kier alpha value is -2.04. The van der Waals surface area contributed by atoms with E-state index in [4.69, 9.17) is 5.11 Å². The van der Waals surface area contributed by atoms with Gasteiger partial charge < -0.3 is 15.5 Å². The van der Waals surface area contributed by atoms with Crippen LogP contribution in [0.4, 0.5) is 0 Å². The van der Waals surface area contributed by atoms with Crippen molar-refractivity contribution in [2.75, 3.05) is 0 Å². The first kappa shape index (κ1) is 14.0. The SMILES string of the molecule is CC(=O)NC(Cc1c(C)cc(O)cc1C)C(=O)O. The quantitative estimate of drug-likeness (QED) is 0.749. The molecule has 1 aromatic carbocycles. The lowest BCUT2D eigenvalue weighted by molar-refractivity contribution is -0.141. The van der Waals surface area contributed by atoms with Gasteiger partial charge in [-0.1, -0.05) is 0 Å². The van der Waals surface area contributed by atoms with Gasteiger partial charge in [-0.2, -0.15) is 0 Å². The minimum absolute atomic E-state index is 0.153. The van der Waals surface area contributed by atoms with Gasteiger partial charge in [0.2, 0.25) is 5.91 Å². The molecule has 1 unspecified atom stereocenters. The van der Waals surface area contributed by atoms with Crippen LogP contribution in [0.25, 0.3) is 0 Å². The molecule has 0 saturated carbocycles. The highest BCUT2D eigenvalue weighted by Gasteiger charge is 2.20. The lowest BCUT2D eigenvalue weighted by Gasteiger charge is -2.17. The first-order chi connectivity index (χ1) is 8.31. The van der Waals surface area contributed by atoms with E-state index in [0.29, 0.717) is 0 Å². The highest BCUT2D eigenvalue weighted by atomic mass is 16.4. The van der Waals surface area contributed by atoms with Crippen molar-refractivity contribution >= 4 is 11.9 Å². The van der Waals surface area contributed by atoms with Crippen LogP contribution in [0.2, 0.25) is 0 Å². The second-order valence-electron chi connectivity index (χ2n) is 4.35. The van der Waals surface area contributed by atoms with Crippen molar-refractivity contribution in [3.63, 3.8) is 0 Å². The van der Waals surface area contributed by atoms with E-state index in [-0.39, 0.29) is 18.1 Å². The van der Waals surface area contributed by atoms with Crippen LogP contribution in [0, 0.1) is 13.8 Å². The summed E-state index contributed by atoms with van der Waals surface area (Å²) in [7, 11) is 0. The van der Waals surface area contributed by atoms with Crippen LogP contribution < -0.4 is 5.32 Å². The van der Waals surface area contributed by atoms with E-state index >= 15 is 0 Å². The van der Waals surface area contributed by atoms with Crippen molar-refractivity contribution in [3.05, 3.63) is 28.8 Å². The average molecular weight is 251 g/mol. The Labute approximate surface area is 105 Å². The molecule has 0 aliphatic rings. The van der Waals surface area contributed by atoms with Crippen LogP contribution in [0.3, 0.4) is 0 Å². The molecule has 1 atom stereocenters. The zero-order valence-electron chi connectivity index (χ0n) is 10.7. The topological polar surface area (TPSA) is 86.6 Å². The smallest absolute Gasteiger partial charge is 0.326 e. The number of aryl methyl sites for hydroxylation is 2. The summed E-state index contributed by atoms with van der Waals surface area (Å²) in [5.41, 5.74) is 2.45. The van der Waals surface area contributed by atoms with Crippen molar-refractivity contribution in [1.82, 2.24) is 5.32 Å². The second kappa shape index (κ2) is 5.53. The van der Waals surface area contributed by atoms with Crippen LogP contribution >= 0.6 is 0 Å². The number of aliphatic carboxylic acids is 1. The van der Waals surface area contributed by atoms with Crippen LogP contribution in [-0.2, 0) is 16.0 Å². The first-order valence-electron chi connectivity index (χ1n) is 5.60. The van der Waals surface area contributed by atoms with Crippen molar-refractivity contribution in [3.8, 4) is 5.75 Å². The van der Waals surface area contributed by atoms with E-state index in [0.717, 1.165) is 16.7 Å². The van der Waals surface area contributed by atoms with E-state index in [2.05, 4.69) is 5.32 Å². The van der Waals surface area contributed by atoms with Crippen LogP contribution in [-0.4, -0.2) is 28.1 Å². The molecule has 0 aliphatic heterocycles. The number of carboxylic acid groups (broad SMARTS) is 1. The molecule has 5 nitrogen and oxygen atoms in total. The van der Waals surface area contributed by atoms with Crippen molar-refractivity contribution in [2.45, 2.75) is 33.2 Å². The Bertz CT molecular complexity index is 459. The molecule has 0 bridgehead atoms. The fourth-order valence-corrected chi connectivity index (χ4v) is 1.94. The van der Waals surface area contributed by atoms with Gasteiger partial charge in [0.1, 0.15) is 11.8 Å². The number of phenolic OH excluding ortho intramolecular Hbond substituents is 1. The van der Waals surface area contributed by atoms with E-state index in [1.54, 1.807) is 26.0 Å². The predicted octanol–water partition coefficient (Wildman–Crippen LogP) is 1.14. The van der Waals surface area contributed by atoms with E-state index in [9.17, 15) is 14.7 Å². The fraction of sp³-hybridized carbons (Fsp3) is 0.385. The van der Waals surface area contributed by atoms with Gasteiger partial charge >= 0.3 is 5.97 Å². The number of carboxylic acids is 1. The Morgan fingerprint density at radius 3 is 2.17 bits per heavy atom. The number of benzene rings is 1. The monoisotopic (exact) mass is 251 g/mol. The minimum atomic E-state index is -1.07. The Morgan fingerprint density at radius 1 is 1.28 bits per heavy atom. The predicted molar refractivity (Wildman–Crippen MR) is 66.5 cm³/mol. The Balaban J connectivity index is 3.01. The molecule has 1 amide bonds. The molecule has 0 heterocycles. The van der Waals surface area contributed by atoms with Gasteiger partial charge in [0.05, 0.1) is 0 Å². The van der Waals surface area contributed by atoms with Gasteiger partial charge in [-0.3, -0.25) is 4.79 Å². The van der Waals surface area contributed by atoms with Gasteiger partial charge in [-0.15, -0.1) is 0 Å². The summed E-state index contributed by atoms with van der Waals surface area (Å²) in [6, 6.07) is 2.20. The molecule has 1 rings (SSSR count). The third kappa shape index (κ3) is 3.48. The Morgan fingerprint density at radius 2 is 1.78 bits per heavy atom. The summed E-state index contributed by atoms with van der Waals surface area (Å²) < 4.78 is 0. The summed E-state index contributed by atoms with van der Waals surface area (Å²) in [4.78, 5) is 22.0. The summed E-state index contributed by atoms with van der Waals surface area (Å²) in [5.74, 6) is -1.30. The molecule has 0 radical (unpaired) electrons. The van der Waals surface area contributed by atoms with Crippen LogP contribution in [0.15, 0.2) is 12.1 Å². The second-order valence-corrected chi connectivity index (χ2v) is 4.35. The molecule has 18 heavy (non-hydrogen) atoms. The first-order valence-corrected chi connectivity index (χ1v) is 5.60. The highest BCUT2D eigenvalue weighted by Crippen LogP contribution is 2.22. The summed E-state index contributed by atoms with van der Waals surface area (Å²) >= 11 is 0. The lowest BCUT2D eigenvalue weighted by Crippen LogP contribution is -2.41. The molecule has 0 aromatic heterocycles. The average Bonchev–Trinajstić information content (AvgIpc) is 2.20. The van der Waals surface area contributed by atoms with Crippen molar-refractivity contribution in [1.29, 1.82) is 0 Å². The molecular formula is C13H17NO4. The largest absolute Gasteiger partial charge is 0.508 e. The number of nitrogens with one attached hydrogen (secondary N) is 1. The molecule has 1 aromatic rings. The van der Waals surface area contributed by atoms with Gasteiger partial charge in [0.15, 0.2) is 0 Å². The number of carbonyl (C=O) groups excluding carboxylic acids is 1. The van der Waals surface area contributed by atoms with Crippen molar-refractivity contribution in [2.24, 2.45) is 0 Å². The number of phenols is 1. The van der Waals surface area contributed by atoms with E-state index in [1.165, 1.54) is 6.92 Å². The number of aromatic hydroxyl groups is 1. The third-order valence-corrected chi connectivity index (χ3v) is 2.76. The summed E-state index contributed by atoms with van der Waals surface area (Å²) in [6.45, 7) is 4.88. The Kier molecular flexibility index (Phi) is 4.31. The normalized spacial score (nSPS) is 11.9. The summed E-state index contributed by atoms with van der Waals surface area (Å²) in [5, 5.41) is 20.9. The number of carbonyl (C=O) groups is 2. The number of hydrogen-bond donors (Lipinski definition) is 3. The highest BCUT2D eigenvalue weighted by molar-refractivity contribution is 5.82. The van der Waals surface area contributed by atoms with Gasteiger partial charge in [0, 0.05) is 13.3 Å². The number of hydrogen-bond acceptors (Lipinski definition) is 3. The number of amides is 1. The van der Waals surface area contributed by atoms with Crippen molar-refractivity contribution < 1.29 is 19.8 Å². The van der Waals surface area contributed by atoms with Gasteiger partial charge in [0.25, 0.3) is 0 Å². The third-order valence-electron chi connectivity index (χ3n) is 2.76. The molecule has 0 aliphatic carbocycles. The molecule has 3 N–H and O–H groups in total. The molecule has 0 saturated heterocycles. The standard InChI is InChI=1S/C13H17NO4/c1-7-4-10(16)5-8(2)11(7)6-12(13(17)18)14-9(3)15/h4-5,12,16H,6H2,1-3H3,(H,14,15)(H,17,18). The maximum Gasteiger partial charge on any atom is 0.326 e. The molecule has 0 spiro atoms. The zero-order chi connectivity index (χ0) is 13.9. The van der Waals surface area contributed by atoms with E-state index in [1.807, 2.05) is 0 Å².